The highest BCUT2D eigenvalue weighted by Crippen LogP contribution is 2.23. The summed E-state index contributed by atoms with van der Waals surface area (Å²) in [6.07, 6.45) is 2.41. The second-order valence-corrected chi connectivity index (χ2v) is 7.51. The number of thioether (sulfide) groups is 1. The number of methoxy groups -OCH3 is 1. The molecule has 1 fully saturated rings. The Morgan fingerprint density at radius 3 is 2.60 bits per heavy atom. The second kappa shape index (κ2) is 6.76. The third kappa shape index (κ3) is 4.35. The van der Waals surface area contributed by atoms with E-state index in [1.54, 1.807) is 7.11 Å². The summed E-state index contributed by atoms with van der Waals surface area (Å²) in [7, 11) is 1.70. The van der Waals surface area contributed by atoms with Crippen LogP contribution in [0.5, 0.6) is 0 Å². The van der Waals surface area contributed by atoms with Crippen molar-refractivity contribution < 1.29 is 4.74 Å². The van der Waals surface area contributed by atoms with Gasteiger partial charge in [0.25, 0.3) is 0 Å². The van der Waals surface area contributed by atoms with E-state index in [4.69, 9.17) is 9.72 Å². The Labute approximate surface area is 126 Å². The predicted molar refractivity (Wildman–Crippen MR) is 85.4 cm³/mol. The molecule has 112 valence electrons. The molecular formula is C15H25N3OS. The van der Waals surface area contributed by atoms with Gasteiger partial charge in [0, 0.05) is 24.6 Å². The minimum atomic E-state index is -0.0530. The lowest BCUT2D eigenvalue weighted by Crippen LogP contribution is -2.26. The van der Waals surface area contributed by atoms with Gasteiger partial charge in [0.15, 0.2) is 0 Å². The van der Waals surface area contributed by atoms with Gasteiger partial charge in [-0.1, -0.05) is 20.8 Å². The van der Waals surface area contributed by atoms with Crippen LogP contribution in [0.2, 0.25) is 0 Å². The third-order valence-electron chi connectivity index (χ3n) is 3.32. The molecule has 1 aliphatic rings. The fourth-order valence-electron chi connectivity index (χ4n) is 2.18. The van der Waals surface area contributed by atoms with Crippen LogP contribution in [0.15, 0.2) is 6.07 Å². The van der Waals surface area contributed by atoms with Crippen LogP contribution in [0, 0.1) is 0 Å². The first-order valence-corrected chi connectivity index (χ1v) is 8.36. The molecule has 5 heteroatoms. The molecule has 4 nitrogen and oxygen atoms in total. The van der Waals surface area contributed by atoms with Gasteiger partial charge in [0.2, 0.25) is 0 Å². The van der Waals surface area contributed by atoms with Gasteiger partial charge >= 0.3 is 0 Å². The normalized spacial score (nSPS) is 17.2. The predicted octanol–water partition coefficient (Wildman–Crippen LogP) is 3.23. The highest BCUT2D eigenvalue weighted by atomic mass is 32.2. The molecule has 2 heterocycles. The van der Waals surface area contributed by atoms with E-state index in [-0.39, 0.29) is 5.41 Å². The number of anilines is 1. The van der Waals surface area contributed by atoms with E-state index in [0.717, 1.165) is 17.3 Å². The molecule has 1 N–H and O–H groups in total. The molecule has 2 rings (SSSR count). The average Bonchev–Trinajstić information content (AvgIpc) is 2.39. The number of ether oxygens (including phenoxy) is 1. The average molecular weight is 295 g/mol. The molecule has 1 aromatic rings. The van der Waals surface area contributed by atoms with Crippen molar-refractivity contribution in [3.05, 3.63) is 17.6 Å². The molecule has 0 spiro atoms. The Morgan fingerprint density at radius 2 is 2.00 bits per heavy atom. The maximum Gasteiger partial charge on any atom is 0.136 e. The van der Waals surface area contributed by atoms with Crippen molar-refractivity contribution in [2.75, 3.05) is 23.9 Å². The summed E-state index contributed by atoms with van der Waals surface area (Å²) < 4.78 is 5.22. The van der Waals surface area contributed by atoms with Crippen molar-refractivity contribution in [3.8, 4) is 0 Å². The molecule has 0 aromatic carbocycles. The Bertz CT molecular complexity index is 439. The largest absolute Gasteiger partial charge is 0.378 e. The maximum atomic E-state index is 5.22. The van der Waals surface area contributed by atoms with E-state index in [0.29, 0.717) is 12.6 Å². The molecule has 20 heavy (non-hydrogen) atoms. The first kappa shape index (κ1) is 15.6. The minimum Gasteiger partial charge on any atom is -0.378 e. The van der Waals surface area contributed by atoms with E-state index in [9.17, 15) is 0 Å². The number of nitrogens with one attached hydrogen (secondary N) is 1. The van der Waals surface area contributed by atoms with Gasteiger partial charge in [-0.25, -0.2) is 9.97 Å². The fraction of sp³-hybridized carbons (Fsp3) is 0.733. The summed E-state index contributed by atoms with van der Waals surface area (Å²) in [6, 6.07) is 2.55. The zero-order chi connectivity index (χ0) is 14.6. The molecule has 0 bridgehead atoms. The van der Waals surface area contributed by atoms with E-state index >= 15 is 0 Å². The first-order valence-electron chi connectivity index (χ1n) is 7.20. The minimum absolute atomic E-state index is 0.0530. The summed E-state index contributed by atoms with van der Waals surface area (Å²) in [5.41, 5.74) is 0.892. The lowest BCUT2D eigenvalue weighted by molar-refractivity contribution is 0.181. The lowest BCUT2D eigenvalue weighted by atomic mass is 9.95. The molecule has 0 amide bonds. The lowest BCUT2D eigenvalue weighted by Gasteiger charge is -2.25. The van der Waals surface area contributed by atoms with Gasteiger partial charge < -0.3 is 10.1 Å². The summed E-state index contributed by atoms with van der Waals surface area (Å²) in [5, 5.41) is 3.57. The van der Waals surface area contributed by atoms with Gasteiger partial charge in [-0.3, -0.25) is 0 Å². The summed E-state index contributed by atoms with van der Waals surface area (Å²) in [4.78, 5) is 9.30. The quantitative estimate of drug-likeness (QED) is 0.924. The van der Waals surface area contributed by atoms with Crippen LogP contribution in [0.1, 0.15) is 45.1 Å². The molecular weight excluding hydrogens is 270 g/mol. The van der Waals surface area contributed by atoms with Crippen molar-refractivity contribution in [3.63, 3.8) is 0 Å². The maximum absolute atomic E-state index is 5.22. The second-order valence-electron chi connectivity index (χ2n) is 6.28. The van der Waals surface area contributed by atoms with E-state index < -0.39 is 0 Å². The zero-order valence-corrected chi connectivity index (χ0v) is 13.7. The summed E-state index contributed by atoms with van der Waals surface area (Å²) in [6.45, 7) is 6.95. The first-order chi connectivity index (χ1) is 9.49. The Balaban J connectivity index is 2.19. The molecule has 0 saturated carbocycles. The van der Waals surface area contributed by atoms with Crippen LogP contribution >= 0.6 is 11.8 Å². The SMILES string of the molecule is COCc1cc(NC2CCSCC2)nc(C(C)(C)C)n1. The van der Waals surface area contributed by atoms with Gasteiger partial charge in [0.05, 0.1) is 12.3 Å². The number of hydrogen-bond donors (Lipinski definition) is 1. The Hall–Kier alpha value is -0.810. The smallest absolute Gasteiger partial charge is 0.136 e. The van der Waals surface area contributed by atoms with Crippen LogP contribution in [-0.4, -0.2) is 34.6 Å². The number of nitrogens with zero attached hydrogens (tertiary/aromatic N) is 2. The van der Waals surface area contributed by atoms with Crippen LogP contribution < -0.4 is 5.32 Å². The van der Waals surface area contributed by atoms with Crippen molar-refractivity contribution in [1.29, 1.82) is 0 Å². The van der Waals surface area contributed by atoms with Crippen LogP contribution in [-0.2, 0) is 16.8 Å². The molecule has 1 aliphatic heterocycles. The summed E-state index contributed by atoms with van der Waals surface area (Å²) >= 11 is 2.04. The van der Waals surface area contributed by atoms with Crippen molar-refractivity contribution in [1.82, 2.24) is 9.97 Å². The van der Waals surface area contributed by atoms with E-state index in [1.165, 1.54) is 24.3 Å². The van der Waals surface area contributed by atoms with Gasteiger partial charge in [-0.2, -0.15) is 11.8 Å². The van der Waals surface area contributed by atoms with Crippen LogP contribution in [0.4, 0.5) is 5.82 Å². The molecule has 0 unspecified atom stereocenters. The third-order valence-corrected chi connectivity index (χ3v) is 4.36. The fourth-order valence-corrected chi connectivity index (χ4v) is 3.29. The van der Waals surface area contributed by atoms with E-state index in [1.807, 2.05) is 17.8 Å². The Morgan fingerprint density at radius 1 is 1.30 bits per heavy atom. The van der Waals surface area contributed by atoms with Crippen LogP contribution in [0.3, 0.4) is 0 Å². The Kier molecular flexibility index (Phi) is 5.27. The summed E-state index contributed by atoms with van der Waals surface area (Å²) in [5.74, 6) is 4.29. The topological polar surface area (TPSA) is 47.0 Å². The number of aromatic nitrogens is 2. The molecule has 1 aromatic heterocycles. The van der Waals surface area contributed by atoms with Crippen molar-refractivity contribution in [2.24, 2.45) is 0 Å². The van der Waals surface area contributed by atoms with Crippen LogP contribution in [0.25, 0.3) is 0 Å². The van der Waals surface area contributed by atoms with Crippen molar-refractivity contribution >= 4 is 17.6 Å². The molecule has 1 saturated heterocycles. The molecule has 0 atom stereocenters. The van der Waals surface area contributed by atoms with Gasteiger partial charge in [-0.15, -0.1) is 0 Å². The van der Waals surface area contributed by atoms with Crippen molar-refractivity contribution in [2.45, 2.75) is 51.7 Å². The molecule has 0 aliphatic carbocycles. The van der Waals surface area contributed by atoms with E-state index in [2.05, 4.69) is 31.1 Å². The number of hydrogen-bond acceptors (Lipinski definition) is 5. The monoisotopic (exact) mass is 295 g/mol. The standard InChI is InChI=1S/C15H25N3OS/c1-15(2,3)14-17-12(10-19-4)9-13(18-14)16-11-5-7-20-8-6-11/h9,11H,5-8,10H2,1-4H3,(H,16,17,18). The highest BCUT2D eigenvalue weighted by Gasteiger charge is 2.20. The zero-order valence-electron chi connectivity index (χ0n) is 12.9. The highest BCUT2D eigenvalue weighted by molar-refractivity contribution is 7.99. The van der Waals surface area contributed by atoms with Gasteiger partial charge in [-0.05, 0) is 24.3 Å². The van der Waals surface area contributed by atoms with Gasteiger partial charge in [0.1, 0.15) is 11.6 Å². The molecule has 0 radical (unpaired) electrons. The number of rotatable bonds is 4.